The first-order chi connectivity index (χ1) is 5.65. The molecule has 0 amide bonds. The minimum Gasteiger partial charge on any atom is -0.391 e. The average Bonchev–Trinajstić information content (AvgIpc) is 2.03. The molecule has 0 radical (unpaired) electrons. The van der Waals surface area contributed by atoms with Crippen LogP contribution in [0.2, 0.25) is 0 Å². The topological polar surface area (TPSA) is 26.3 Å². The first kappa shape index (κ1) is 9.44. The van der Waals surface area contributed by atoms with E-state index in [2.05, 4.69) is 3.07 Å². The molecule has 0 saturated heterocycles. The van der Waals surface area contributed by atoms with Gasteiger partial charge in [0.05, 0.1) is 5.56 Å². The molecule has 0 heterocycles. The van der Waals surface area contributed by atoms with E-state index in [1.54, 1.807) is 6.92 Å². The molecule has 1 rings (SSSR count). The van der Waals surface area contributed by atoms with Gasteiger partial charge in [0.15, 0.2) is 23.0 Å². The number of carbonyl (C=O) groups is 1. The van der Waals surface area contributed by atoms with Gasteiger partial charge >= 0.3 is 5.97 Å². The molecule has 0 unspecified atom stereocenters. The van der Waals surface area contributed by atoms with Crippen molar-refractivity contribution >= 4 is 29.0 Å². The van der Waals surface area contributed by atoms with Gasteiger partial charge < -0.3 is 3.07 Å². The van der Waals surface area contributed by atoms with Gasteiger partial charge in [-0.05, 0) is 30.7 Å². The van der Waals surface area contributed by atoms with Crippen LogP contribution in [0.1, 0.15) is 15.9 Å². The van der Waals surface area contributed by atoms with E-state index in [9.17, 15) is 9.18 Å². The number of carbonyl (C=O) groups excluding carboxylic acids is 1. The monoisotopic (exact) mass is 280 g/mol. The number of halogens is 2. The lowest BCUT2D eigenvalue weighted by atomic mass is 10.1. The van der Waals surface area contributed by atoms with Gasteiger partial charge in [0.1, 0.15) is 5.82 Å². The lowest BCUT2D eigenvalue weighted by Crippen LogP contribution is -2.00. The van der Waals surface area contributed by atoms with Crippen LogP contribution in [0, 0.1) is 12.7 Å². The van der Waals surface area contributed by atoms with Crippen molar-refractivity contribution in [2.75, 3.05) is 0 Å². The molecule has 4 heteroatoms. The third kappa shape index (κ3) is 1.94. The van der Waals surface area contributed by atoms with Crippen LogP contribution in [0.5, 0.6) is 0 Å². The first-order valence-corrected chi connectivity index (χ1v) is 4.12. The minimum absolute atomic E-state index is 0.350. The van der Waals surface area contributed by atoms with Gasteiger partial charge in [-0.1, -0.05) is 0 Å². The second-order valence-electron chi connectivity index (χ2n) is 2.32. The van der Waals surface area contributed by atoms with Crippen LogP contribution in [0.25, 0.3) is 0 Å². The zero-order valence-corrected chi connectivity index (χ0v) is 8.46. The number of rotatable bonds is 1. The van der Waals surface area contributed by atoms with Gasteiger partial charge in [-0.2, -0.15) is 0 Å². The molecule has 12 heavy (non-hydrogen) atoms. The van der Waals surface area contributed by atoms with E-state index in [1.165, 1.54) is 41.2 Å². The van der Waals surface area contributed by atoms with E-state index in [0.29, 0.717) is 11.1 Å². The average molecular weight is 280 g/mol. The van der Waals surface area contributed by atoms with E-state index >= 15 is 0 Å². The van der Waals surface area contributed by atoms with Crippen LogP contribution in [0.15, 0.2) is 18.2 Å². The molecular formula is C8H6FIO2. The molecule has 0 aliphatic rings. The van der Waals surface area contributed by atoms with Crippen molar-refractivity contribution in [3.8, 4) is 0 Å². The van der Waals surface area contributed by atoms with E-state index in [1.807, 2.05) is 0 Å². The summed E-state index contributed by atoms with van der Waals surface area (Å²) in [6, 6.07) is 3.93. The summed E-state index contributed by atoms with van der Waals surface area (Å²) in [6.45, 7) is 1.66. The van der Waals surface area contributed by atoms with E-state index in [4.69, 9.17) is 0 Å². The first-order valence-electron chi connectivity index (χ1n) is 3.24. The lowest BCUT2D eigenvalue weighted by molar-refractivity contribution is 0.0799. The molecule has 2 nitrogen and oxygen atoms in total. The van der Waals surface area contributed by atoms with Crippen molar-refractivity contribution in [2.45, 2.75) is 6.92 Å². The third-order valence-electron chi connectivity index (χ3n) is 1.48. The SMILES string of the molecule is Cc1cc(F)ccc1C(=O)OI. The van der Waals surface area contributed by atoms with Crippen molar-refractivity contribution < 1.29 is 12.3 Å². The molecule has 0 N–H and O–H groups in total. The Morgan fingerprint density at radius 3 is 2.75 bits per heavy atom. The van der Waals surface area contributed by atoms with E-state index in [0.717, 1.165) is 0 Å². The highest BCUT2D eigenvalue weighted by Crippen LogP contribution is 2.12. The van der Waals surface area contributed by atoms with E-state index < -0.39 is 5.97 Å². The number of hydrogen-bond acceptors (Lipinski definition) is 2. The quantitative estimate of drug-likeness (QED) is 0.739. The second kappa shape index (κ2) is 3.84. The molecule has 0 aromatic heterocycles. The highest BCUT2D eigenvalue weighted by Gasteiger charge is 2.09. The Morgan fingerprint density at radius 1 is 1.58 bits per heavy atom. The largest absolute Gasteiger partial charge is 0.391 e. The Hall–Kier alpha value is -0.650. The minimum atomic E-state index is -0.451. The maximum Gasteiger partial charge on any atom is 0.347 e. The summed E-state index contributed by atoms with van der Waals surface area (Å²) in [5.74, 6) is -0.800. The zero-order valence-electron chi connectivity index (χ0n) is 6.30. The molecule has 0 fully saturated rings. The lowest BCUT2D eigenvalue weighted by Gasteiger charge is -2.00. The maximum atomic E-state index is 12.6. The van der Waals surface area contributed by atoms with Gasteiger partial charge in [0, 0.05) is 0 Å². The normalized spacial score (nSPS) is 9.58. The van der Waals surface area contributed by atoms with Crippen LogP contribution in [-0.2, 0) is 3.07 Å². The fourth-order valence-electron chi connectivity index (χ4n) is 0.898. The zero-order chi connectivity index (χ0) is 9.14. The Morgan fingerprint density at radius 2 is 2.25 bits per heavy atom. The standard InChI is InChI=1S/C8H6FIO2/c1-5-4-6(9)2-3-7(5)8(11)12-10/h2-4H,1H3. The maximum absolute atomic E-state index is 12.6. The second-order valence-corrected chi connectivity index (χ2v) is 2.76. The molecule has 0 atom stereocenters. The van der Waals surface area contributed by atoms with Crippen molar-refractivity contribution in [3.63, 3.8) is 0 Å². The van der Waals surface area contributed by atoms with Gasteiger partial charge in [-0.25, -0.2) is 9.18 Å². The van der Waals surface area contributed by atoms with Crippen molar-refractivity contribution in [1.82, 2.24) is 0 Å². The summed E-state index contributed by atoms with van der Waals surface area (Å²) in [5, 5.41) is 0. The summed E-state index contributed by atoms with van der Waals surface area (Å²) in [6.07, 6.45) is 0. The summed E-state index contributed by atoms with van der Waals surface area (Å²) < 4.78 is 17.0. The van der Waals surface area contributed by atoms with Gasteiger partial charge in [0.2, 0.25) is 0 Å². The summed E-state index contributed by atoms with van der Waals surface area (Å²) in [4.78, 5) is 11.0. The van der Waals surface area contributed by atoms with Gasteiger partial charge in [-0.15, -0.1) is 0 Å². The number of aryl methyl sites for hydroxylation is 1. The molecule has 0 spiro atoms. The molecule has 1 aromatic rings. The van der Waals surface area contributed by atoms with Crippen molar-refractivity contribution in [2.24, 2.45) is 0 Å². The molecule has 0 aliphatic heterocycles. The van der Waals surface area contributed by atoms with Crippen LogP contribution in [0.4, 0.5) is 4.39 Å². The van der Waals surface area contributed by atoms with Crippen LogP contribution in [-0.4, -0.2) is 5.97 Å². The molecule has 1 aromatic carbocycles. The fraction of sp³-hybridized carbons (Fsp3) is 0.125. The highest BCUT2D eigenvalue weighted by atomic mass is 127. The third-order valence-corrected chi connectivity index (χ3v) is 1.88. The van der Waals surface area contributed by atoms with Crippen LogP contribution in [0.3, 0.4) is 0 Å². The predicted molar refractivity (Wildman–Crippen MR) is 50.6 cm³/mol. The number of hydrogen-bond donors (Lipinski definition) is 0. The van der Waals surface area contributed by atoms with Gasteiger partial charge in [0.25, 0.3) is 0 Å². The van der Waals surface area contributed by atoms with Crippen LogP contribution < -0.4 is 0 Å². The molecule has 64 valence electrons. The van der Waals surface area contributed by atoms with Crippen molar-refractivity contribution in [3.05, 3.63) is 35.1 Å². The Balaban J connectivity index is 3.09. The van der Waals surface area contributed by atoms with E-state index in [-0.39, 0.29) is 5.82 Å². The smallest absolute Gasteiger partial charge is 0.347 e. The predicted octanol–water partition coefficient (Wildman–Crippen LogP) is 2.64. The Labute approximate surface area is 83.4 Å². The summed E-state index contributed by atoms with van der Waals surface area (Å²) >= 11 is 1.50. The number of benzene rings is 1. The Bertz CT molecular complexity index is 312. The summed E-state index contributed by atoms with van der Waals surface area (Å²) in [5.41, 5.74) is 0.975. The van der Waals surface area contributed by atoms with Gasteiger partial charge in [-0.3, -0.25) is 0 Å². The summed E-state index contributed by atoms with van der Waals surface area (Å²) in [7, 11) is 0. The molecule has 0 aliphatic carbocycles. The fourth-order valence-corrected chi connectivity index (χ4v) is 1.13. The molecule has 0 saturated carbocycles. The highest BCUT2D eigenvalue weighted by molar-refractivity contribution is 14.1. The molecule has 0 bridgehead atoms. The Kier molecular flexibility index (Phi) is 3.02. The van der Waals surface area contributed by atoms with Crippen molar-refractivity contribution in [1.29, 1.82) is 0 Å². The van der Waals surface area contributed by atoms with Crippen LogP contribution >= 0.6 is 23.0 Å². The molecular weight excluding hydrogens is 274 g/mol.